The summed E-state index contributed by atoms with van der Waals surface area (Å²) in [6.07, 6.45) is -3.25. The van der Waals surface area contributed by atoms with E-state index < -0.39 is 11.7 Å². The zero-order chi connectivity index (χ0) is 16.0. The quantitative estimate of drug-likeness (QED) is 0.758. The van der Waals surface area contributed by atoms with E-state index >= 15 is 0 Å². The molecule has 0 saturated carbocycles. The van der Waals surface area contributed by atoms with Crippen molar-refractivity contribution in [3.05, 3.63) is 59.7 Å². The molecule has 2 rings (SSSR count). The van der Waals surface area contributed by atoms with Crippen LogP contribution in [0.1, 0.15) is 24.5 Å². The number of halogens is 3. The minimum absolute atomic E-state index is 0.379. The number of hydrogen-bond acceptors (Lipinski definition) is 2. The molecular formula is C17H18F3NO. The topological polar surface area (TPSA) is 21.3 Å². The molecule has 0 saturated heterocycles. The molecule has 0 unspecified atom stereocenters. The second-order valence-electron chi connectivity index (χ2n) is 4.94. The van der Waals surface area contributed by atoms with Crippen LogP contribution >= 0.6 is 0 Å². The molecule has 0 aromatic heterocycles. The predicted molar refractivity (Wildman–Crippen MR) is 80.0 cm³/mol. The molecule has 0 radical (unpaired) electrons. The molecule has 1 N–H and O–H groups in total. The van der Waals surface area contributed by atoms with Gasteiger partial charge in [-0.05, 0) is 54.9 Å². The molecule has 0 amide bonds. The van der Waals surface area contributed by atoms with E-state index in [2.05, 4.69) is 12.2 Å². The summed E-state index contributed by atoms with van der Waals surface area (Å²) in [7, 11) is 0. The Bertz CT molecular complexity index is 576. The standard InChI is InChI=1S/C17H18F3NO/c1-2-11-21-12-13-3-7-15(8-4-13)22-16-9-5-14(6-10-16)17(18,19)20/h3-10,21H,2,11-12H2,1H3. The van der Waals surface area contributed by atoms with Crippen LogP contribution in [0.2, 0.25) is 0 Å². The van der Waals surface area contributed by atoms with Crippen LogP contribution in [0.3, 0.4) is 0 Å². The molecule has 0 atom stereocenters. The summed E-state index contributed by atoms with van der Waals surface area (Å²) >= 11 is 0. The van der Waals surface area contributed by atoms with Gasteiger partial charge in [0.05, 0.1) is 5.56 Å². The maximum absolute atomic E-state index is 12.5. The second kappa shape index (κ2) is 7.31. The van der Waals surface area contributed by atoms with Gasteiger partial charge >= 0.3 is 6.18 Å². The summed E-state index contributed by atoms with van der Waals surface area (Å²) in [5, 5.41) is 3.29. The van der Waals surface area contributed by atoms with Crippen molar-refractivity contribution in [3.8, 4) is 11.5 Å². The van der Waals surface area contributed by atoms with Gasteiger partial charge in [-0.25, -0.2) is 0 Å². The highest BCUT2D eigenvalue weighted by atomic mass is 19.4. The lowest BCUT2D eigenvalue weighted by Crippen LogP contribution is -2.13. The van der Waals surface area contributed by atoms with Crippen LogP contribution in [0.4, 0.5) is 13.2 Å². The maximum atomic E-state index is 12.5. The average Bonchev–Trinajstić information content (AvgIpc) is 2.49. The summed E-state index contributed by atoms with van der Waals surface area (Å²) in [4.78, 5) is 0. The van der Waals surface area contributed by atoms with Gasteiger partial charge in [0, 0.05) is 6.54 Å². The first kappa shape index (κ1) is 16.4. The van der Waals surface area contributed by atoms with Gasteiger partial charge in [-0.3, -0.25) is 0 Å². The largest absolute Gasteiger partial charge is 0.457 e. The molecule has 0 bridgehead atoms. The SMILES string of the molecule is CCCNCc1ccc(Oc2ccc(C(F)(F)F)cc2)cc1. The summed E-state index contributed by atoms with van der Waals surface area (Å²) < 4.78 is 43.0. The van der Waals surface area contributed by atoms with Crippen LogP contribution in [0.15, 0.2) is 48.5 Å². The molecule has 2 aromatic rings. The minimum Gasteiger partial charge on any atom is -0.457 e. The van der Waals surface area contributed by atoms with Crippen LogP contribution < -0.4 is 10.1 Å². The number of benzene rings is 2. The van der Waals surface area contributed by atoms with E-state index in [-0.39, 0.29) is 0 Å². The predicted octanol–water partition coefficient (Wildman–Crippen LogP) is 5.00. The molecule has 0 heterocycles. The maximum Gasteiger partial charge on any atom is 0.416 e. The van der Waals surface area contributed by atoms with Gasteiger partial charge in [-0.2, -0.15) is 13.2 Å². The zero-order valence-electron chi connectivity index (χ0n) is 12.3. The normalized spacial score (nSPS) is 11.5. The van der Waals surface area contributed by atoms with Crippen LogP contribution in [-0.2, 0) is 12.7 Å². The second-order valence-corrected chi connectivity index (χ2v) is 4.94. The number of ether oxygens (including phenoxy) is 1. The summed E-state index contributed by atoms with van der Waals surface area (Å²) in [5.41, 5.74) is 0.449. The van der Waals surface area contributed by atoms with E-state index in [1.165, 1.54) is 12.1 Å². The van der Waals surface area contributed by atoms with E-state index in [0.717, 1.165) is 37.2 Å². The summed E-state index contributed by atoms with van der Waals surface area (Å²) in [5.74, 6) is 0.976. The third-order valence-electron chi connectivity index (χ3n) is 3.10. The van der Waals surface area contributed by atoms with Crippen molar-refractivity contribution in [1.29, 1.82) is 0 Å². The van der Waals surface area contributed by atoms with Gasteiger partial charge in [-0.15, -0.1) is 0 Å². The number of rotatable bonds is 6. The molecule has 5 heteroatoms. The molecule has 22 heavy (non-hydrogen) atoms. The molecule has 118 valence electrons. The van der Waals surface area contributed by atoms with E-state index in [9.17, 15) is 13.2 Å². The van der Waals surface area contributed by atoms with Crippen molar-refractivity contribution in [2.45, 2.75) is 26.1 Å². The monoisotopic (exact) mass is 309 g/mol. The van der Waals surface area contributed by atoms with E-state index in [1.807, 2.05) is 12.1 Å². The lowest BCUT2D eigenvalue weighted by molar-refractivity contribution is -0.137. The third kappa shape index (κ3) is 4.77. The van der Waals surface area contributed by atoms with Crippen molar-refractivity contribution < 1.29 is 17.9 Å². The summed E-state index contributed by atoms with van der Waals surface area (Å²) in [6, 6.07) is 12.1. The van der Waals surface area contributed by atoms with Gasteiger partial charge in [0.2, 0.25) is 0 Å². The van der Waals surface area contributed by atoms with Gasteiger partial charge in [-0.1, -0.05) is 19.1 Å². The smallest absolute Gasteiger partial charge is 0.416 e. The van der Waals surface area contributed by atoms with Crippen molar-refractivity contribution >= 4 is 0 Å². The van der Waals surface area contributed by atoms with E-state index in [4.69, 9.17) is 4.74 Å². The lowest BCUT2D eigenvalue weighted by atomic mass is 10.2. The fourth-order valence-electron chi connectivity index (χ4n) is 1.93. The first-order chi connectivity index (χ1) is 10.5. The Morgan fingerprint density at radius 1 is 0.909 bits per heavy atom. The van der Waals surface area contributed by atoms with Gasteiger partial charge in [0.25, 0.3) is 0 Å². The number of alkyl halides is 3. The van der Waals surface area contributed by atoms with Crippen LogP contribution in [0.5, 0.6) is 11.5 Å². The fourth-order valence-corrected chi connectivity index (χ4v) is 1.93. The molecule has 0 fully saturated rings. The van der Waals surface area contributed by atoms with Crippen molar-refractivity contribution in [2.24, 2.45) is 0 Å². The molecular weight excluding hydrogens is 291 g/mol. The Morgan fingerprint density at radius 2 is 1.45 bits per heavy atom. The van der Waals surface area contributed by atoms with Crippen LogP contribution in [0, 0.1) is 0 Å². The highest BCUT2D eigenvalue weighted by molar-refractivity contribution is 5.35. The Kier molecular flexibility index (Phi) is 5.44. The Labute approximate surface area is 127 Å². The Hall–Kier alpha value is -2.01. The minimum atomic E-state index is -4.33. The fraction of sp³-hybridized carbons (Fsp3) is 0.294. The van der Waals surface area contributed by atoms with E-state index in [0.29, 0.717) is 11.5 Å². The lowest BCUT2D eigenvalue weighted by Gasteiger charge is -2.09. The van der Waals surface area contributed by atoms with Crippen molar-refractivity contribution in [2.75, 3.05) is 6.54 Å². The first-order valence-electron chi connectivity index (χ1n) is 7.14. The molecule has 0 aliphatic rings. The third-order valence-corrected chi connectivity index (χ3v) is 3.10. The first-order valence-corrected chi connectivity index (χ1v) is 7.14. The van der Waals surface area contributed by atoms with Crippen LogP contribution in [0.25, 0.3) is 0 Å². The molecule has 0 aliphatic heterocycles. The molecule has 0 spiro atoms. The van der Waals surface area contributed by atoms with Crippen molar-refractivity contribution in [1.82, 2.24) is 5.32 Å². The van der Waals surface area contributed by atoms with E-state index in [1.54, 1.807) is 12.1 Å². The molecule has 0 aliphatic carbocycles. The van der Waals surface area contributed by atoms with Gasteiger partial charge in [0.1, 0.15) is 11.5 Å². The number of hydrogen-bond donors (Lipinski definition) is 1. The highest BCUT2D eigenvalue weighted by Crippen LogP contribution is 2.31. The number of nitrogens with one attached hydrogen (secondary N) is 1. The van der Waals surface area contributed by atoms with Gasteiger partial charge in [0.15, 0.2) is 0 Å². The Balaban J connectivity index is 1.96. The highest BCUT2D eigenvalue weighted by Gasteiger charge is 2.30. The summed E-state index contributed by atoms with van der Waals surface area (Å²) in [6.45, 7) is 3.85. The van der Waals surface area contributed by atoms with Gasteiger partial charge < -0.3 is 10.1 Å². The average molecular weight is 309 g/mol. The zero-order valence-corrected chi connectivity index (χ0v) is 12.3. The van der Waals surface area contributed by atoms with Crippen molar-refractivity contribution in [3.63, 3.8) is 0 Å². The molecule has 2 nitrogen and oxygen atoms in total. The molecule has 2 aromatic carbocycles. The van der Waals surface area contributed by atoms with Crippen LogP contribution in [-0.4, -0.2) is 6.54 Å². The Morgan fingerprint density at radius 3 is 1.95 bits per heavy atom.